The first kappa shape index (κ1) is 30.7. The second-order valence-electron chi connectivity index (χ2n) is 11.0. The number of carbonyl (C=O) groups excluding carboxylic acids is 2. The van der Waals surface area contributed by atoms with Crippen LogP contribution in [0.25, 0.3) is 6.08 Å². The van der Waals surface area contributed by atoms with Crippen LogP contribution in [0, 0.1) is 11.8 Å². The summed E-state index contributed by atoms with van der Waals surface area (Å²) in [6, 6.07) is 17.0. The van der Waals surface area contributed by atoms with Crippen molar-refractivity contribution in [3.05, 3.63) is 101 Å². The van der Waals surface area contributed by atoms with Gasteiger partial charge >= 0.3 is 6.09 Å². The molecule has 2 aromatic carbocycles. The summed E-state index contributed by atoms with van der Waals surface area (Å²) in [5.41, 5.74) is 4.11. The zero-order chi connectivity index (χ0) is 29.1. The van der Waals surface area contributed by atoms with Crippen molar-refractivity contribution in [2.45, 2.75) is 77.4 Å². The minimum atomic E-state index is -0.851. The highest BCUT2D eigenvalue weighted by molar-refractivity contribution is 5.94. The van der Waals surface area contributed by atoms with Crippen molar-refractivity contribution >= 4 is 18.1 Å². The Labute approximate surface area is 239 Å². The summed E-state index contributed by atoms with van der Waals surface area (Å²) in [6.07, 6.45) is 8.23. The molecule has 3 rings (SSSR count). The lowest BCUT2D eigenvalue weighted by Gasteiger charge is -2.29. The normalized spacial score (nSPS) is 16.7. The van der Waals surface area contributed by atoms with E-state index in [-0.39, 0.29) is 24.9 Å². The third kappa shape index (κ3) is 8.56. The van der Waals surface area contributed by atoms with E-state index in [2.05, 4.69) is 38.3 Å². The molecule has 2 amide bonds. The molecule has 0 aliphatic carbocycles. The summed E-state index contributed by atoms with van der Waals surface area (Å²) >= 11 is 0. The molecule has 40 heavy (non-hydrogen) atoms. The molecule has 0 saturated carbocycles. The number of benzene rings is 2. The number of allylic oxidation sites excluding steroid dienone is 3. The highest BCUT2D eigenvalue weighted by Crippen LogP contribution is 2.42. The topological polar surface area (TPSA) is 66.8 Å². The molecule has 210 valence electrons. The first-order valence-electron chi connectivity index (χ1n) is 13.9. The van der Waals surface area contributed by atoms with Gasteiger partial charge in [-0.2, -0.15) is 0 Å². The van der Waals surface area contributed by atoms with Crippen LogP contribution >= 0.6 is 0 Å². The van der Waals surface area contributed by atoms with Crippen molar-refractivity contribution < 1.29 is 19.4 Å². The maximum Gasteiger partial charge on any atom is 0.417 e. The van der Waals surface area contributed by atoms with Gasteiger partial charge in [0.15, 0.2) is 0 Å². The number of ether oxygens (including phenoxy) is 1. The van der Waals surface area contributed by atoms with Crippen molar-refractivity contribution in [2.24, 2.45) is 0 Å². The molecule has 1 N–H and O–H groups in total. The van der Waals surface area contributed by atoms with Crippen molar-refractivity contribution in [1.29, 1.82) is 0 Å². The van der Waals surface area contributed by atoms with Gasteiger partial charge in [0, 0.05) is 12.8 Å². The van der Waals surface area contributed by atoms with Gasteiger partial charge in [-0.15, -0.1) is 0 Å². The fraction of sp³-hybridized carbons (Fsp3) is 0.371. The third-order valence-corrected chi connectivity index (χ3v) is 6.95. The van der Waals surface area contributed by atoms with Gasteiger partial charge < -0.3 is 9.84 Å². The van der Waals surface area contributed by atoms with E-state index in [0.29, 0.717) is 12.8 Å². The predicted molar refractivity (Wildman–Crippen MR) is 161 cm³/mol. The molecule has 1 saturated heterocycles. The van der Waals surface area contributed by atoms with Gasteiger partial charge in [0.1, 0.15) is 11.6 Å². The van der Waals surface area contributed by atoms with Gasteiger partial charge in [-0.1, -0.05) is 96.8 Å². The number of carbonyl (C=O) groups is 2. The molecule has 1 aliphatic heterocycles. The smallest absolute Gasteiger partial charge is 0.417 e. The average molecular weight is 540 g/mol. The third-order valence-electron chi connectivity index (χ3n) is 6.95. The highest BCUT2D eigenvalue weighted by Gasteiger charge is 2.51. The number of rotatable bonds is 11. The fourth-order valence-electron chi connectivity index (χ4n) is 5.01. The van der Waals surface area contributed by atoms with E-state index < -0.39 is 17.7 Å². The maximum absolute atomic E-state index is 13.8. The van der Waals surface area contributed by atoms with Crippen LogP contribution in [0.5, 0.6) is 0 Å². The minimum absolute atomic E-state index is 0.0486. The molecular formula is C35H41NO4. The first-order chi connectivity index (χ1) is 19.1. The van der Waals surface area contributed by atoms with E-state index in [0.717, 1.165) is 35.1 Å². The summed E-state index contributed by atoms with van der Waals surface area (Å²) in [4.78, 5) is 28.1. The number of hydrogen-bond acceptors (Lipinski definition) is 4. The van der Waals surface area contributed by atoms with Crippen LogP contribution in [0.3, 0.4) is 0 Å². The van der Waals surface area contributed by atoms with Gasteiger partial charge in [-0.3, -0.25) is 4.79 Å². The molecule has 1 heterocycles. The molecule has 0 unspecified atom stereocenters. The van der Waals surface area contributed by atoms with Crippen LogP contribution in [0.4, 0.5) is 4.79 Å². The van der Waals surface area contributed by atoms with E-state index in [4.69, 9.17) is 4.74 Å². The average Bonchev–Trinajstić information content (AvgIpc) is 3.17. The summed E-state index contributed by atoms with van der Waals surface area (Å²) in [5.74, 6) is 5.98. The van der Waals surface area contributed by atoms with Crippen molar-refractivity contribution in [1.82, 2.24) is 4.90 Å². The van der Waals surface area contributed by atoms with E-state index >= 15 is 0 Å². The Hall–Kier alpha value is -3.88. The maximum atomic E-state index is 13.8. The number of aliphatic hydroxyl groups is 1. The molecule has 5 nitrogen and oxygen atoms in total. The van der Waals surface area contributed by atoms with Crippen molar-refractivity contribution in [3.63, 3.8) is 0 Å². The summed E-state index contributed by atoms with van der Waals surface area (Å²) < 4.78 is 5.67. The Morgan fingerprint density at radius 3 is 2.62 bits per heavy atom. The molecule has 0 radical (unpaired) electrons. The monoisotopic (exact) mass is 539 g/mol. The zero-order valence-electron chi connectivity index (χ0n) is 24.2. The molecule has 0 aromatic heterocycles. The molecular weight excluding hydrogens is 498 g/mol. The Kier molecular flexibility index (Phi) is 11.1. The molecule has 0 bridgehead atoms. The first-order valence-corrected chi connectivity index (χ1v) is 13.9. The predicted octanol–water partition coefficient (Wildman–Crippen LogP) is 7.75. The molecule has 1 aliphatic rings. The Morgan fingerprint density at radius 1 is 1.18 bits per heavy atom. The quantitative estimate of drug-likeness (QED) is 0.234. The number of aliphatic hydroxyl groups excluding tert-OH is 1. The van der Waals surface area contributed by atoms with Gasteiger partial charge in [0.2, 0.25) is 5.91 Å². The lowest BCUT2D eigenvalue weighted by Crippen LogP contribution is -2.38. The van der Waals surface area contributed by atoms with E-state index in [1.54, 1.807) is 6.08 Å². The molecule has 5 heteroatoms. The van der Waals surface area contributed by atoms with Crippen LogP contribution in [0.2, 0.25) is 0 Å². The zero-order valence-corrected chi connectivity index (χ0v) is 24.2. The Morgan fingerprint density at radius 2 is 1.93 bits per heavy atom. The highest BCUT2D eigenvalue weighted by atomic mass is 16.6. The number of nitrogens with zero attached hydrogens (tertiary/aromatic N) is 1. The number of hydrogen-bond donors (Lipinski definition) is 1. The number of cyclic esters (lactones) is 1. The molecule has 2 atom stereocenters. The lowest BCUT2D eigenvalue weighted by atomic mass is 9.88. The molecule has 1 fully saturated rings. The minimum Gasteiger partial charge on any atom is -0.440 e. The van der Waals surface area contributed by atoms with E-state index in [9.17, 15) is 14.7 Å². The van der Waals surface area contributed by atoms with Gasteiger partial charge in [0.25, 0.3) is 0 Å². The van der Waals surface area contributed by atoms with Gasteiger partial charge in [-0.05, 0) is 75.1 Å². The van der Waals surface area contributed by atoms with Crippen LogP contribution in [-0.2, 0) is 9.53 Å². The van der Waals surface area contributed by atoms with Gasteiger partial charge in [-0.25, -0.2) is 9.69 Å². The van der Waals surface area contributed by atoms with Crippen LogP contribution in [0.15, 0.2) is 84.5 Å². The lowest BCUT2D eigenvalue weighted by molar-refractivity contribution is -0.130. The molecule has 0 spiro atoms. The standard InChI is InChI=1S/C35H41NO4/c1-26(2)14-11-16-27(3)15-9-10-21-31(30-22-12-17-28(24-30)18-13-23-37)25-32(38)36-33(29-19-7-6-8-20-29)35(4,5)40-34(36)39/h6-8,12-14,17-20,22,24,31,33,37H,3,10-11,16,21,23,25H2,1-2,4-5H3/b18-13+/t31-,33-/m1/s1. The SMILES string of the molecule is C=C(C#CCC[C@H](CC(=O)N1C(=O)OC(C)(C)[C@H]1c1ccccc1)c1cccc(/C=C/CO)c1)CCC=C(C)C. The summed E-state index contributed by atoms with van der Waals surface area (Å²) in [5, 5.41) is 9.20. The number of amides is 2. The fourth-order valence-corrected chi connectivity index (χ4v) is 5.01. The number of imide groups is 1. The van der Waals surface area contributed by atoms with E-state index in [1.165, 1.54) is 10.5 Å². The Balaban J connectivity index is 1.83. The summed E-state index contributed by atoms with van der Waals surface area (Å²) in [6.45, 7) is 11.9. The second kappa shape index (κ2) is 14.5. The van der Waals surface area contributed by atoms with Crippen molar-refractivity contribution in [2.75, 3.05) is 6.61 Å². The molecule has 2 aromatic rings. The van der Waals surface area contributed by atoms with Crippen LogP contribution in [0.1, 0.15) is 88.4 Å². The second-order valence-corrected chi connectivity index (χ2v) is 11.0. The summed E-state index contributed by atoms with van der Waals surface area (Å²) in [7, 11) is 0. The van der Waals surface area contributed by atoms with Crippen LogP contribution < -0.4 is 0 Å². The van der Waals surface area contributed by atoms with Crippen LogP contribution in [-0.4, -0.2) is 34.2 Å². The van der Waals surface area contributed by atoms with Gasteiger partial charge in [0.05, 0.1) is 6.61 Å². The Bertz CT molecular complexity index is 1310. The van der Waals surface area contributed by atoms with Crippen molar-refractivity contribution in [3.8, 4) is 11.8 Å². The van der Waals surface area contributed by atoms with E-state index in [1.807, 2.05) is 74.5 Å². The largest absolute Gasteiger partial charge is 0.440 e.